The molecule has 0 radical (unpaired) electrons. The first-order chi connectivity index (χ1) is 5.89. The van der Waals surface area contributed by atoms with Gasteiger partial charge in [-0.2, -0.15) is 0 Å². The summed E-state index contributed by atoms with van der Waals surface area (Å²) >= 11 is 0. The van der Waals surface area contributed by atoms with Gasteiger partial charge in [0.2, 0.25) is 0 Å². The fraction of sp³-hybridized carbons (Fsp3) is 0.556. The second-order valence-electron chi connectivity index (χ2n) is 2.98. The van der Waals surface area contributed by atoms with Crippen molar-refractivity contribution in [3.8, 4) is 0 Å². The highest BCUT2D eigenvalue weighted by Crippen LogP contribution is 2.11. The third kappa shape index (κ3) is 4.53. The van der Waals surface area contributed by atoms with Gasteiger partial charge in [0.1, 0.15) is 0 Å². The highest BCUT2D eigenvalue weighted by molar-refractivity contribution is 7.13. The molecular formula is C9H17N2P. The summed E-state index contributed by atoms with van der Waals surface area (Å²) in [6.07, 6.45) is 7.97. The van der Waals surface area contributed by atoms with Crippen molar-refractivity contribution in [2.24, 2.45) is 0 Å². The number of aromatic nitrogens is 1. The second kappa shape index (κ2) is 6.22. The van der Waals surface area contributed by atoms with Crippen molar-refractivity contribution in [2.75, 3.05) is 13.1 Å². The zero-order valence-corrected chi connectivity index (χ0v) is 8.52. The van der Waals surface area contributed by atoms with Crippen molar-refractivity contribution in [3.63, 3.8) is 0 Å². The van der Waals surface area contributed by atoms with Crippen LogP contribution in [0.2, 0.25) is 0 Å². The Kier molecular flexibility index (Phi) is 5.05. The van der Waals surface area contributed by atoms with E-state index in [0.29, 0.717) is 0 Å². The molecule has 1 saturated heterocycles. The molecule has 2 nitrogen and oxygen atoms in total. The minimum Gasteiger partial charge on any atom is -0.368 e. The fourth-order valence-electron chi connectivity index (χ4n) is 1.20. The molecule has 1 atom stereocenters. The molecule has 1 aromatic heterocycles. The van der Waals surface area contributed by atoms with Crippen LogP contribution in [0.3, 0.4) is 0 Å². The standard InChI is InChI=1S/C5H12NP.C4H5N/c7-6-4-2-1-3-5-6;1-2-4-5-3-1/h1-5,7H2;1-5H. The Morgan fingerprint density at radius 2 is 1.58 bits per heavy atom. The van der Waals surface area contributed by atoms with Crippen molar-refractivity contribution < 1.29 is 0 Å². The molecule has 1 fully saturated rings. The van der Waals surface area contributed by atoms with Crippen molar-refractivity contribution in [1.82, 2.24) is 9.65 Å². The molecule has 0 bridgehead atoms. The summed E-state index contributed by atoms with van der Waals surface area (Å²) in [4.78, 5) is 2.86. The summed E-state index contributed by atoms with van der Waals surface area (Å²) in [5.41, 5.74) is 0. The predicted octanol–water partition coefficient (Wildman–Crippen LogP) is 2.28. The number of hydrogen-bond donors (Lipinski definition) is 1. The van der Waals surface area contributed by atoms with E-state index < -0.39 is 0 Å². The maximum atomic E-state index is 2.86. The number of nitrogens with one attached hydrogen (secondary N) is 1. The van der Waals surface area contributed by atoms with E-state index in [1.807, 2.05) is 24.5 Å². The third-order valence-corrected chi connectivity index (χ3v) is 2.40. The van der Waals surface area contributed by atoms with E-state index >= 15 is 0 Å². The van der Waals surface area contributed by atoms with Crippen molar-refractivity contribution in [2.45, 2.75) is 19.3 Å². The zero-order valence-electron chi connectivity index (χ0n) is 7.37. The van der Waals surface area contributed by atoms with Gasteiger partial charge < -0.3 is 4.98 Å². The fourth-order valence-corrected chi connectivity index (χ4v) is 1.56. The first kappa shape index (κ1) is 9.76. The molecule has 1 unspecified atom stereocenters. The molecule has 0 aromatic carbocycles. The van der Waals surface area contributed by atoms with Gasteiger partial charge in [-0.15, -0.1) is 0 Å². The van der Waals surface area contributed by atoms with E-state index in [4.69, 9.17) is 0 Å². The monoisotopic (exact) mass is 184 g/mol. The molecule has 1 aromatic rings. The van der Waals surface area contributed by atoms with Gasteiger partial charge in [0.05, 0.1) is 0 Å². The van der Waals surface area contributed by atoms with Gasteiger partial charge in [-0.25, -0.2) is 0 Å². The molecule has 0 spiro atoms. The normalized spacial score (nSPS) is 18.1. The molecule has 0 aliphatic carbocycles. The number of piperidine rings is 1. The Morgan fingerprint density at radius 1 is 1.00 bits per heavy atom. The van der Waals surface area contributed by atoms with Crippen LogP contribution >= 0.6 is 9.39 Å². The lowest BCUT2D eigenvalue weighted by atomic mass is 10.2. The number of nitrogens with zero attached hydrogens (tertiary/aromatic N) is 1. The lowest BCUT2D eigenvalue weighted by Crippen LogP contribution is -2.18. The summed E-state index contributed by atoms with van der Waals surface area (Å²) in [6, 6.07) is 3.89. The van der Waals surface area contributed by atoms with Gasteiger partial charge in [-0.1, -0.05) is 15.8 Å². The summed E-state index contributed by atoms with van der Waals surface area (Å²) in [7, 11) is 2.74. The van der Waals surface area contributed by atoms with Crippen LogP contribution in [0.15, 0.2) is 24.5 Å². The maximum absolute atomic E-state index is 2.86. The molecule has 1 aliphatic rings. The number of H-pyrrole nitrogens is 1. The molecule has 68 valence electrons. The first-order valence-electron chi connectivity index (χ1n) is 4.47. The van der Waals surface area contributed by atoms with Gasteiger partial charge in [-0.05, 0) is 25.0 Å². The van der Waals surface area contributed by atoms with E-state index in [1.165, 1.54) is 32.4 Å². The summed E-state index contributed by atoms with van der Waals surface area (Å²) in [5, 5.41) is 0. The van der Waals surface area contributed by atoms with Crippen LogP contribution in [0.1, 0.15) is 19.3 Å². The smallest absolute Gasteiger partial charge is 0.00161 e. The number of hydrogen-bond acceptors (Lipinski definition) is 1. The minimum atomic E-state index is 1.28. The Bertz CT molecular complexity index is 151. The second-order valence-corrected chi connectivity index (χ2v) is 3.71. The first-order valence-corrected chi connectivity index (χ1v) is 4.98. The highest BCUT2D eigenvalue weighted by Gasteiger charge is 2.02. The Balaban J connectivity index is 0.000000127. The minimum absolute atomic E-state index is 1.28. The molecule has 2 heterocycles. The molecule has 12 heavy (non-hydrogen) atoms. The van der Waals surface area contributed by atoms with Crippen LogP contribution in [0.5, 0.6) is 0 Å². The molecule has 1 N–H and O–H groups in total. The predicted molar refractivity (Wildman–Crippen MR) is 55.9 cm³/mol. The average Bonchev–Trinajstić information content (AvgIpc) is 2.62. The Hall–Kier alpha value is -0.330. The maximum Gasteiger partial charge on any atom is 0.00161 e. The van der Waals surface area contributed by atoms with E-state index in [2.05, 4.69) is 19.0 Å². The van der Waals surface area contributed by atoms with Crippen LogP contribution in [0, 0.1) is 0 Å². The lowest BCUT2D eigenvalue weighted by Gasteiger charge is -2.20. The van der Waals surface area contributed by atoms with Crippen molar-refractivity contribution >= 4 is 9.39 Å². The Morgan fingerprint density at radius 3 is 1.83 bits per heavy atom. The molecule has 3 heteroatoms. The molecule has 1 aliphatic heterocycles. The van der Waals surface area contributed by atoms with Gasteiger partial charge in [0.25, 0.3) is 0 Å². The van der Waals surface area contributed by atoms with Gasteiger partial charge >= 0.3 is 0 Å². The van der Waals surface area contributed by atoms with Crippen LogP contribution in [-0.2, 0) is 0 Å². The highest BCUT2D eigenvalue weighted by atomic mass is 31.0. The van der Waals surface area contributed by atoms with E-state index in [9.17, 15) is 0 Å². The Labute approximate surface area is 76.6 Å². The van der Waals surface area contributed by atoms with Crippen LogP contribution in [0.25, 0.3) is 0 Å². The molecular weight excluding hydrogens is 167 g/mol. The largest absolute Gasteiger partial charge is 0.368 e. The van der Waals surface area contributed by atoms with E-state index in [0.717, 1.165) is 0 Å². The average molecular weight is 184 g/mol. The zero-order chi connectivity index (χ0) is 8.65. The number of rotatable bonds is 0. The topological polar surface area (TPSA) is 19.0 Å². The van der Waals surface area contributed by atoms with Crippen molar-refractivity contribution in [1.29, 1.82) is 0 Å². The van der Waals surface area contributed by atoms with Gasteiger partial charge in [-0.3, -0.25) is 4.67 Å². The van der Waals surface area contributed by atoms with Crippen LogP contribution < -0.4 is 0 Å². The molecule has 2 rings (SSSR count). The summed E-state index contributed by atoms with van der Waals surface area (Å²) < 4.78 is 2.31. The van der Waals surface area contributed by atoms with E-state index in [-0.39, 0.29) is 0 Å². The summed E-state index contributed by atoms with van der Waals surface area (Å²) in [6.45, 7) is 2.56. The third-order valence-electron chi connectivity index (χ3n) is 1.89. The SMILES string of the molecule is PN1CCCCC1.c1cc[nH]c1. The molecule has 0 amide bonds. The van der Waals surface area contributed by atoms with Crippen molar-refractivity contribution in [3.05, 3.63) is 24.5 Å². The molecule has 0 saturated carbocycles. The van der Waals surface area contributed by atoms with Gasteiger partial charge in [0.15, 0.2) is 0 Å². The summed E-state index contributed by atoms with van der Waals surface area (Å²) in [5.74, 6) is 0. The quantitative estimate of drug-likeness (QED) is 0.613. The van der Waals surface area contributed by atoms with E-state index in [1.54, 1.807) is 0 Å². The van der Waals surface area contributed by atoms with Gasteiger partial charge in [0, 0.05) is 25.5 Å². The van der Waals surface area contributed by atoms with Crippen LogP contribution in [0.4, 0.5) is 0 Å². The number of aromatic amines is 1. The van der Waals surface area contributed by atoms with Crippen LogP contribution in [-0.4, -0.2) is 22.7 Å². The lowest BCUT2D eigenvalue weighted by molar-refractivity contribution is 0.379.